The van der Waals surface area contributed by atoms with Gasteiger partial charge in [0.1, 0.15) is 0 Å². The van der Waals surface area contributed by atoms with Gasteiger partial charge < -0.3 is 14.2 Å². The number of rotatable bonds is 6. The maximum Gasteiger partial charge on any atom is 0.450 e. The summed E-state index contributed by atoms with van der Waals surface area (Å²) in [5.41, 5.74) is -0.920. The minimum absolute atomic E-state index is 0.307. The summed E-state index contributed by atoms with van der Waals surface area (Å²) in [7, 11) is 0. The van der Waals surface area contributed by atoms with Gasteiger partial charge in [-0.3, -0.25) is 0 Å². The standard InChI is InChI=1S/C26H17F3N3O9/c1-26(30(27)23(36)39-20(33)17-11-5-2-6-12-17,31(28)24(37)40-21(34)18-13-7-3-8-14-18)32(29)25(38)41-22(35)19-15-9-4-10-16-19/h2-16H,1H2. The summed E-state index contributed by atoms with van der Waals surface area (Å²) in [5.74, 6) is -8.93. The maximum atomic E-state index is 15.3. The summed E-state index contributed by atoms with van der Waals surface area (Å²) in [6, 6.07) is 19.3. The van der Waals surface area contributed by atoms with Gasteiger partial charge in [0.15, 0.2) is 0 Å². The molecule has 0 bridgehead atoms. The number of hydrogen-bond donors (Lipinski definition) is 0. The van der Waals surface area contributed by atoms with E-state index >= 15 is 13.4 Å². The lowest BCUT2D eigenvalue weighted by Gasteiger charge is -2.38. The fourth-order valence-electron chi connectivity index (χ4n) is 2.93. The van der Waals surface area contributed by atoms with Gasteiger partial charge in [-0.15, -0.1) is 0 Å². The van der Waals surface area contributed by atoms with E-state index in [0.717, 1.165) is 36.4 Å². The van der Waals surface area contributed by atoms with Crippen LogP contribution in [0.3, 0.4) is 0 Å². The normalized spacial score (nSPS) is 10.5. The first-order valence-electron chi connectivity index (χ1n) is 11.1. The van der Waals surface area contributed by atoms with Crippen LogP contribution in [0.5, 0.6) is 0 Å². The van der Waals surface area contributed by atoms with Gasteiger partial charge in [0.2, 0.25) is 0 Å². The molecule has 0 saturated carbocycles. The van der Waals surface area contributed by atoms with E-state index in [1.165, 1.54) is 54.6 Å². The van der Waals surface area contributed by atoms with E-state index in [4.69, 9.17) is 0 Å². The van der Waals surface area contributed by atoms with Crippen LogP contribution in [0, 0.1) is 6.92 Å². The number of hydrogen-bond acceptors (Lipinski definition) is 9. The van der Waals surface area contributed by atoms with Crippen LogP contribution in [0.15, 0.2) is 91.0 Å². The van der Waals surface area contributed by atoms with Crippen molar-refractivity contribution < 1.29 is 56.4 Å². The van der Waals surface area contributed by atoms with Crippen LogP contribution in [-0.2, 0) is 14.2 Å². The third-order valence-corrected chi connectivity index (χ3v) is 4.99. The van der Waals surface area contributed by atoms with E-state index in [0.29, 0.717) is 0 Å². The van der Waals surface area contributed by atoms with Crippen LogP contribution >= 0.6 is 0 Å². The fourth-order valence-corrected chi connectivity index (χ4v) is 2.93. The van der Waals surface area contributed by atoms with Gasteiger partial charge in [0, 0.05) is 6.92 Å². The average Bonchev–Trinajstić information content (AvgIpc) is 3.00. The summed E-state index contributed by atoms with van der Waals surface area (Å²) >= 11 is 0. The van der Waals surface area contributed by atoms with Crippen LogP contribution in [0.1, 0.15) is 31.1 Å². The summed E-state index contributed by atoms with van der Waals surface area (Å²) in [5, 5.41) is -4.89. The van der Waals surface area contributed by atoms with Crippen molar-refractivity contribution in [3.05, 3.63) is 115 Å². The maximum absolute atomic E-state index is 15.3. The molecular weight excluding hydrogens is 555 g/mol. The van der Waals surface area contributed by atoms with Gasteiger partial charge in [-0.05, 0) is 36.4 Å². The lowest BCUT2D eigenvalue weighted by atomic mass is 10.2. The van der Waals surface area contributed by atoms with Crippen LogP contribution in [0.2, 0.25) is 0 Å². The molecule has 211 valence electrons. The van der Waals surface area contributed by atoms with Crippen molar-refractivity contribution in [3.63, 3.8) is 0 Å². The number of ether oxygens (including phenoxy) is 3. The largest absolute Gasteiger partial charge is 0.450 e. The van der Waals surface area contributed by atoms with E-state index in [1.807, 2.05) is 0 Å². The molecule has 41 heavy (non-hydrogen) atoms. The Morgan fingerprint density at radius 1 is 0.488 bits per heavy atom. The molecule has 0 aliphatic heterocycles. The van der Waals surface area contributed by atoms with E-state index < -0.39 is 57.3 Å². The summed E-state index contributed by atoms with van der Waals surface area (Å²) < 4.78 is 58.4. The zero-order chi connectivity index (χ0) is 30.2. The van der Waals surface area contributed by atoms with Gasteiger partial charge >= 0.3 is 36.2 Å². The molecule has 0 aliphatic rings. The Bertz CT molecular complexity index is 1270. The van der Waals surface area contributed by atoms with Crippen molar-refractivity contribution >= 4 is 36.2 Å². The third-order valence-electron chi connectivity index (χ3n) is 4.99. The van der Waals surface area contributed by atoms with Gasteiger partial charge in [-0.1, -0.05) is 83.4 Å². The molecule has 0 heterocycles. The number of benzene rings is 3. The summed E-state index contributed by atoms with van der Waals surface area (Å²) in [4.78, 5) is 73.5. The zero-order valence-electron chi connectivity index (χ0n) is 20.5. The van der Waals surface area contributed by atoms with Gasteiger partial charge in [-0.25, -0.2) is 28.8 Å². The first-order chi connectivity index (χ1) is 19.5. The predicted molar refractivity (Wildman–Crippen MR) is 129 cm³/mol. The van der Waals surface area contributed by atoms with Crippen molar-refractivity contribution in [3.8, 4) is 0 Å². The Kier molecular flexibility index (Phi) is 9.37. The molecule has 0 aromatic heterocycles. The van der Waals surface area contributed by atoms with E-state index in [1.54, 1.807) is 0 Å². The quantitative estimate of drug-likeness (QED) is 0.132. The highest BCUT2D eigenvalue weighted by molar-refractivity contribution is 5.98. The molecular formula is C26H17F3N3O9. The molecule has 0 atom stereocenters. The van der Waals surface area contributed by atoms with Gasteiger partial charge in [0.05, 0.1) is 16.7 Å². The van der Waals surface area contributed by atoms with Gasteiger partial charge in [-0.2, -0.15) is 0 Å². The zero-order valence-corrected chi connectivity index (χ0v) is 20.5. The lowest BCUT2D eigenvalue weighted by molar-refractivity contribution is -0.268. The SMILES string of the molecule is [CH2]C(N(F)C(=O)OC(=O)c1ccccc1)(N(F)C(=O)OC(=O)c1ccccc1)N(F)C(=O)OC(=O)c1ccccc1. The van der Waals surface area contributed by atoms with Crippen LogP contribution < -0.4 is 0 Å². The van der Waals surface area contributed by atoms with E-state index in [-0.39, 0.29) is 16.7 Å². The van der Waals surface area contributed by atoms with Gasteiger partial charge in [0.25, 0.3) is 5.79 Å². The monoisotopic (exact) mass is 572 g/mol. The second-order valence-electron chi connectivity index (χ2n) is 7.68. The highest BCUT2D eigenvalue weighted by Crippen LogP contribution is 2.30. The van der Waals surface area contributed by atoms with Crippen LogP contribution in [0.4, 0.5) is 27.8 Å². The number of carbonyl (C=O) groups excluding carboxylic acids is 6. The molecule has 3 rings (SSSR count). The molecule has 0 aliphatic carbocycles. The van der Waals surface area contributed by atoms with E-state index in [2.05, 4.69) is 21.1 Å². The Balaban J connectivity index is 1.89. The number of amides is 3. The third kappa shape index (κ3) is 6.83. The molecule has 3 aromatic rings. The Morgan fingerprint density at radius 3 is 0.927 bits per heavy atom. The molecule has 0 N–H and O–H groups in total. The topological polar surface area (TPSA) is 140 Å². The predicted octanol–water partition coefficient (Wildman–Crippen LogP) is 4.96. The molecule has 1 radical (unpaired) electrons. The highest BCUT2D eigenvalue weighted by atomic mass is 19.2. The van der Waals surface area contributed by atoms with Crippen LogP contribution in [-0.4, -0.2) is 57.3 Å². The molecule has 12 nitrogen and oxygen atoms in total. The Morgan fingerprint density at radius 2 is 0.707 bits per heavy atom. The molecule has 0 spiro atoms. The fraction of sp³-hybridized carbons (Fsp3) is 0.0385. The smallest absolute Gasteiger partial charge is 0.371 e. The van der Waals surface area contributed by atoms with Crippen molar-refractivity contribution in [2.24, 2.45) is 0 Å². The highest BCUT2D eigenvalue weighted by Gasteiger charge is 2.57. The van der Waals surface area contributed by atoms with Crippen molar-refractivity contribution in [1.82, 2.24) is 15.4 Å². The number of nitrogens with zero attached hydrogens (tertiary/aromatic N) is 3. The van der Waals surface area contributed by atoms with Crippen molar-refractivity contribution in [1.29, 1.82) is 0 Å². The van der Waals surface area contributed by atoms with Crippen molar-refractivity contribution in [2.45, 2.75) is 5.79 Å². The molecule has 0 unspecified atom stereocenters. The van der Waals surface area contributed by atoms with Crippen molar-refractivity contribution in [2.75, 3.05) is 0 Å². The molecule has 3 amide bonds. The lowest BCUT2D eigenvalue weighted by Crippen LogP contribution is -2.66. The number of carbonyl (C=O) groups is 6. The molecule has 3 aromatic carbocycles. The summed E-state index contributed by atoms with van der Waals surface area (Å²) in [6.45, 7) is 2.69. The second kappa shape index (κ2) is 12.9. The Hall–Kier alpha value is -5.73. The first-order valence-corrected chi connectivity index (χ1v) is 11.1. The molecule has 0 saturated heterocycles. The summed E-state index contributed by atoms with van der Waals surface area (Å²) in [6.07, 6.45) is -7.45. The van der Waals surface area contributed by atoms with Crippen LogP contribution in [0.25, 0.3) is 0 Å². The van der Waals surface area contributed by atoms with E-state index in [9.17, 15) is 28.8 Å². The average molecular weight is 572 g/mol. The Labute approximate surface area is 228 Å². The second-order valence-corrected chi connectivity index (χ2v) is 7.68. The molecule has 0 fully saturated rings. The first kappa shape index (κ1) is 29.8. The minimum atomic E-state index is -4.39. The number of halogens is 3. The number of esters is 3. The minimum Gasteiger partial charge on any atom is -0.371 e. The molecule has 15 heteroatoms.